The van der Waals surface area contributed by atoms with Crippen LogP contribution < -0.4 is 10.6 Å². The fourth-order valence-electron chi connectivity index (χ4n) is 2.74. The van der Waals surface area contributed by atoms with Crippen molar-refractivity contribution in [1.82, 2.24) is 10.6 Å². The Morgan fingerprint density at radius 2 is 1.94 bits per heavy atom. The molecule has 1 aromatic rings. The topological polar surface area (TPSA) is 41.1 Å². The van der Waals surface area contributed by atoms with Crippen molar-refractivity contribution in [2.45, 2.75) is 37.8 Å². The van der Waals surface area contributed by atoms with E-state index in [9.17, 15) is 4.79 Å². The minimum absolute atomic E-state index is 0.00967. The van der Waals surface area contributed by atoms with Crippen LogP contribution >= 0.6 is 0 Å². The second-order valence-corrected chi connectivity index (χ2v) is 5.38. The first-order valence-electron chi connectivity index (χ1n) is 6.93. The third kappa shape index (κ3) is 2.56. The molecule has 1 amide bonds. The van der Waals surface area contributed by atoms with E-state index in [4.69, 9.17) is 0 Å². The second-order valence-electron chi connectivity index (χ2n) is 5.38. The first-order chi connectivity index (χ1) is 8.84. The number of hydrogen-bond donors (Lipinski definition) is 2. The Labute approximate surface area is 108 Å². The Morgan fingerprint density at radius 3 is 2.61 bits per heavy atom. The number of piperidine rings is 1. The maximum Gasteiger partial charge on any atom is 0.237 e. The molecule has 2 unspecified atom stereocenters. The minimum atomic E-state index is -0.00967. The van der Waals surface area contributed by atoms with Gasteiger partial charge in [-0.15, -0.1) is 0 Å². The summed E-state index contributed by atoms with van der Waals surface area (Å²) in [7, 11) is 0. The molecule has 0 radical (unpaired) electrons. The van der Waals surface area contributed by atoms with Crippen LogP contribution in [0.1, 0.15) is 37.3 Å². The van der Waals surface area contributed by atoms with Crippen LogP contribution in [-0.4, -0.2) is 18.5 Å². The fraction of sp³-hybridized carbons (Fsp3) is 0.533. The number of carbonyl (C=O) groups is 1. The van der Waals surface area contributed by atoms with Crippen LogP contribution in [0, 0.1) is 5.92 Å². The van der Waals surface area contributed by atoms with E-state index >= 15 is 0 Å². The summed E-state index contributed by atoms with van der Waals surface area (Å²) in [6.45, 7) is 0.830. The van der Waals surface area contributed by atoms with Crippen molar-refractivity contribution in [3.63, 3.8) is 0 Å². The van der Waals surface area contributed by atoms with Crippen LogP contribution in [-0.2, 0) is 4.79 Å². The van der Waals surface area contributed by atoms with Gasteiger partial charge in [-0.05, 0) is 37.2 Å². The molecule has 0 spiro atoms. The molecule has 1 aliphatic heterocycles. The largest absolute Gasteiger partial charge is 0.355 e. The number of carbonyl (C=O) groups excluding carboxylic acids is 1. The Bertz CT molecular complexity index is 414. The Hall–Kier alpha value is -1.35. The van der Waals surface area contributed by atoms with E-state index in [-0.39, 0.29) is 11.9 Å². The zero-order chi connectivity index (χ0) is 12.4. The predicted molar refractivity (Wildman–Crippen MR) is 71.1 cm³/mol. The average Bonchev–Trinajstić information content (AvgIpc) is 3.23. The highest BCUT2D eigenvalue weighted by Gasteiger charge is 2.35. The third-order valence-electron chi connectivity index (χ3n) is 3.92. The van der Waals surface area contributed by atoms with Crippen LogP contribution in [0.15, 0.2) is 30.3 Å². The summed E-state index contributed by atoms with van der Waals surface area (Å²) in [5.41, 5.74) is 1.32. The number of rotatable bonds is 4. The Kier molecular flexibility index (Phi) is 3.33. The summed E-state index contributed by atoms with van der Waals surface area (Å²) in [6, 6.07) is 10.9. The summed E-state index contributed by atoms with van der Waals surface area (Å²) in [5.74, 6) is 0.880. The van der Waals surface area contributed by atoms with Gasteiger partial charge in [0.2, 0.25) is 5.91 Å². The molecule has 1 aliphatic carbocycles. The van der Waals surface area contributed by atoms with Crippen molar-refractivity contribution in [3.8, 4) is 0 Å². The molecule has 2 atom stereocenters. The van der Waals surface area contributed by atoms with Crippen LogP contribution in [0.2, 0.25) is 0 Å². The molecular weight excluding hydrogens is 224 g/mol. The molecule has 0 aromatic heterocycles. The van der Waals surface area contributed by atoms with Crippen LogP contribution in [0.5, 0.6) is 0 Å². The highest BCUT2D eigenvalue weighted by Crippen LogP contribution is 2.41. The van der Waals surface area contributed by atoms with Crippen molar-refractivity contribution in [2.75, 3.05) is 6.54 Å². The summed E-state index contributed by atoms with van der Waals surface area (Å²) in [5, 5.41) is 6.52. The first kappa shape index (κ1) is 11.7. The summed E-state index contributed by atoms with van der Waals surface area (Å²) < 4.78 is 0. The van der Waals surface area contributed by atoms with E-state index in [1.54, 1.807) is 0 Å². The maximum absolute atomic E-state index is 11.8. The highest BCUT2D eigenvalue weighted by molar-refractivity contribution is 5.82. The molecule has 3 nitrogen and oxygen atoms in total. The van der Waals surface area contributed by atoms with Crippen LogP contribution in [0.4, 0.5) is 0 Å². The van der Waals surface area contributed by atoms with Gasteiger partial charge in [0.1, 0.15) is 0 Å². The lowest BCUT2D eigenvalue weighted by atomic mass is 9.99. The summed E-state index contributed by atoms with van der Waals surface area (Å²) in [4.78, 5) is 11.8. The zero-order valence-corrected chi connectivity index (χ0v) is 10.6. The lowest BCUT2D eigenvalue weighted by Crippen LogP contribution is -2.49. The number of nitrogens with one attached hydrogen (secondary N) is 2. The molecule has 2 N–H and O–H groups in total. The van der Waals surface area contributed by atoms with Gasteiger partial charge in [0, 0.05) is 12.6 Å². The van der Waals surface area contributed by atoms with E-state index in [2.05, 4.69) is 34.9 Å². The average molecular weight is 244 g/mol. The van der Waals surface area contributed by atoms with E-state index < -0.39 is 0 Å². The van der Waals surface area contributed by atoms with Crippen molar-refractivity contribution in [2.24, 2.45) is 5.92 Å². The van der Waals surface area contributed by atoms with Gasteiger partial charge >= 0.3 is 0 Å². The predicted octanol–water partition coefficient (Wildman–Crippen LogP) is 2.01. The summed E-state index contributed by atoms with van der Waals surface area (Å²) in [6.07, 6.45) is 4.60. The molecule has 18 heavy (non-hydrogen) atoms. The maximum atomic E-state index is 11.8. The van der Waals surface area contributed by atoms with Gasteiger partial charge in [-0.25, -0.2) is 0 Å². The number of amides is 1. The normalized spacial score (nSPS) is 25.6. The molecule has 1 saturated heterocycles. The first-order valence-corrected chi connectivity index (χ1v) is 6.93. The van der Waals surface area contributed by atoms with Gasteiger partial charge in [0.25, 0.3) is 0 Å². The molecular formula is C15H20N2O. The fourth-order valence-corrected chi connectivity index (χ4v) is 2.74. The van der Waals surface area contributed by atoms with Crippen molar-refractivity contribution < 1.29 is 4.79 Å². The minimum Gasteiger partial charge on any atom is -0.355 e. The molecule has 96 valence electrons. The SMILES string of the molecule is O=C1NCCCC1NC(c1ccccc1)C1CC1. The van der Waals surface area contributed by atoms with Gasteiger partial charge in [-0.2, -0.15) is 0 Å². The molecule has 2 aliphatic rings. The van der Waals surface area contributed by atoms with E-state index in [0.29, 0.717) is 12.0 Å². The molecule has 2 fully saturated rings. The molecule has 1 aromatic carbocycles. The molecule has 1 heterocycles. The Morgan fingerprint density at radius 1 is 1.17 bits per heavy atom. The van der Waals surface area contributed by atoms with E-state index in [1.165, 1.54) is 18.4 Å². The van der Waals surface area contributed by atoms with Crippen molar-refractivity contribution in [1.29, 1.82) is 0 Å². The monoisotopic (exact) mass is 244 g/mol. The van der Waals surface area contributed by atoms with Crippen LogP contribution in [0.25, 0.3) is 0 Å². The lowest BCUT2D eigenvalue weighted by molar-refractivity contribution is -0.124. The van der Waals surface area contributed by atoms with Gasteiger partial charge in [0.05, 0.1) is 6.04 Å². The second kappa shape index (κ2) is 5.11. The molecule has 1 saturated carbocycles. The van der Waals surface area contributed by atoms with Crippen molar-refractivity contribution >= 4 is 5.91 Å². The Balaban J connectivity index is 1.72. The van der Waals surface area contributed by atoms with Gasteiger partial charge < -0.3 is 5.32 Å². The number of hydrogen-bond acceptors (Lipinski definition) is 2. The van der Waals surface area contributed by atoms with E-state index in [1.807, 2.05) is 6.07 Å². The van der Waals surface area contributed by atoms with E-state index in [0.717, 1.165) is 19.4 Å². The van der Waals surface area contributed by atoms with Gasteiger partial charge in [-0.1, -0.05) is 30.3 Å². The molecule has 0 bridgehead atoms. The quantitative estimate of drug-likeness (QED) is 0.850. The lowest BCUT2D eigenvalue weighted by Gasteiger charge is -2.28. The third-order valence-corrected chi connectivity index (χ3v) is 3.92. The smallest absolute Gasteiger partial charge is 0.237 e. The molecule has 3 heteroatoms. The van der Waals surface area contributed by atoms with Gasteiger partial charge in [-0.3, -0.25) is 10.1 Å². The van der Waals surface area contributed by atoms with Crippen molar-refractivity contribution in [3.05, 3.63) is 35.9 Å². The number of benzene rings is 1. The standard InChI is InChI=1S/C15H20N2O/c18-15-13(7-4-10-16-15)17-14(12-8-9-12)11-5-2-1-3-6-11/h1-3,5-6,12-14,17H,4,7-10H2,(H,16,18). The molecule has 3 rings (SSSR count). The van der Waals surface area contributed by atoms with Gasteiger partial charge in [0.15, 0.2) is 0 Å². The highest BCUT2D eigenvalue weighted by atomic mass is 16.2. The zero-order valence-electron chi connectivity index (χ0n) is 10.6. The summed E-state index contributed by atoms with van der Waals surface area (Å²) >= 11 is 0. The van der Waals surface area contributed by atoms with Crippen LogP contribution in [0.3, 0.4) is 0 Å².